The van der Waals surface area contributed by atoms with E-state index < -0.39 is 4.92 Å². The number of carbonyl (C=O) groups excluding carboxylic acids is 1. The molecule has 0 fully saturated rings. The largest absolute Gasteiger partial charge is 0.483 e. The summed E-state index contributed by atoms with van der Waals surface area (Å²) < 4.78 is 5.67. The van der Waals surface area contributed by atoms with Crippen molar-refractivity contribution in [3.8, 4) is 5.75 Å². The summed E-state index contributed by atoms with van der Waals surface area (Å²) in [6.45, 7) is -0.126. The number of nitro benzene ring substituents is 1. The summed E-state index contributed by atoms with van der Waals surface area (Å²) in [6.07, 6.45) is 4.33. The van der Waals surface area contributed by atoms with Crippen LogP contribution < -0.4 is 10.1 Å². The fourth-order valence-electron chi connectivity index (χ4n) is 2.92. The van der Waals surface area contributed by atoms with Gasteiger partial charge in [0.15, 0.2) is 6.61 Å². The summed E-state index contributed by atoms with van der Waals surface area (Å²) in [5.74, 6) is 0.408. The van der Waals surface area contributed by atoms with Crippen LogP contribution in [-0.2, 0) is 17.6 Å². The predicted octanol–water partition coefficient (Wildman–Crippen LogP) is 3.49. The van der Waals surface area contributed by atoms with Crippen molar-refractivity contribution in [2.45, 2.75) is 25.7 Å². The Labute approximate surface area is 139 Å². The number of carbonyl (C=O) groups is 1. The Kier molecular flexibility index (Phi) is 4.74. The van der Waals surface area contributed by atoms with E-state index in [0.717, 1.165) is 25.0 Å². The van der Waals surface area contributed by atoms with Crippen LogP contribution in [0.2, 0.25) is 0 Å². The molecule has 3 rings (SSSR count). The highest BCUT2D eigenvalue weighted by molar-refractivity contribution is 5.92. The molecule has 0 bridgehead atoms. The Balaban J connectivity index is 1.62. The molecule has 124 valence electrons. The molecule has 1 aliphatic carbocycles. The molecule has 0 radical (unpaired) electrons. The van der Waals surface area contributed by atoms with E-state index in [1.165, 1.54) is 35.7 Å². The second-order valence-electron chi connectivity index (χ2n) is 5.75. The lowest BCUT2D eigenvalue weighted by Gasteiger charge is -2.19. The Morgan fingerprint density at radius 1 is 1.17 bits per heavy atom. The second-order valence-corrected chi connectivity index (χ2v) is 5.75. The zero-order valence-electron chi connectivity index (χ0n) is 13.2. The molecule has 1 aliphatic rings. The van der Waals surface area contributed by atoms with Crippen LogP contribution in [0.1, 0.15) is 24.0 Å². The van der Waals surface area contributed by atoms with E-state index in [0.29, 0.717) is 5.69 Å². The van der Waals surface area contributed by atoms with Gasteiger partial charge in [0.25, 0.3) is 11.6 Å². The minimum absolute atomic E-state index is 0.0640. The molecule has 6 nitrogen and oxygen atoms in total. The van der Waals surface area contributed by atoms with Crippen molar-refractivity contribution in [1.82, 2.24) is 0 Å². The van der Waals surface area contributed by atoms with Gasteiger partial charge in [0, 0.05) is 17.8 Å². The van der Waals surface area contributed by atoms with E-state index in [1.807, 2.05) is 12.1 Å². The highest BCUT2D eigenvalue weighted by atomic mass is 16.6. The van der Waals surface area contributed by atoms with Crippen LogP contribution in [-0.4, -0.2) is 17.4 Å². The van der Waals surface area contributed by atoms with E-state index in [2.05, 4.69) is 11.4 Å². The quantitative estimate of drug-likeness (QED) is 0.673. The molecule has 0 heterocycles. The van der Waals surface area contributed by atoms with Gasteiger partial charge in [0.05, 0.1) is 4.92 Å². The van der Waals surface area contributed by atoms with Gasteiger partial charge in [-0.1, -0.05) is 18.2 Å². The first-order valence-corrected chi connectivity index (χ1v) is 7.91. The molecule has 0 unspecified atom stereocenters. The lowest BCUT2D eigenvalue weighted by molar-refractivity contribution is -0.384. The van der Waals surface area contributed by atoms with Gasteiger partial charge < -0.3 is 10.1 Å². The molecule has 1 N–H and O–H groups in total. The highest BCUT2D eigenvalue weighted by Crippen LogP contribution is 2.29. The predicted molar refractivity (Wildman–Crippen MR) is 90.3 cm³/mol. The van der Waals surface area contributed by atoms with Crippen LogP contribution in [0.4, 0.5) is 11.4 Å². The van der Waals surface area contributed by atoms with Crippen LogP contribution in [0.15, 0.2) is 42.5 Å². The zero-order valence-corrected chi connectivity index (χ0v) is 13.2. The molecule has 24 heavy (non-hydrogen) atoms. The number of nitrogens with one attached hydrogen (secondary N) is 1. The molecule has 0 spiro atoms. The molecule has 2 aromatic rings. The van der Waals surface area contributed by atoms with Gasteiger partial charge >= 0.3 is 0 Å². The van der Waals surface area contributed by atoms with Crippen LogP contribution >= 0.6 is 0 Å². The Morgan fingerprint density at radius 3 is 2.79 bits per heavy atom. The summed E-state index contributed by atoms with van der Waals surface area (Å²) in [7, 11) is 0. The number of aryl methyl sites for hydroxylation is 1. The summed E-state index contributed by atoms with van der Waals surface area (Å²) in [5, 5.41) is 13.4. The van der Waals surface area contributed by atoms with Crippen molar-refractivity contribution in [3.05, 3.63) is 63.7 Å². The first-order chi connectivity index (χ1) is 11.6. The summed E-state index contributed by atoms with van der Waals surface area (Å²) in [4.78, 5) is 22.3. The average molecular weight is 326 g/mol. The minimum atomic E-state index is -0.498. The maximum Gasteiger partial charge on any atom is 0.271 e. The van der Waals surface area contributed by atoms with E-state index in [1.54, 1.807) is 6.07 Å². The van der Waals surface area contributed by atoms with Gasteiger partial charge in [0.1, 0.15) is 5.75 Å². The number of ether oxygens (including phenoxy) is 1. The maximum atomic E-state index is 12.0. The fraction of sp³-hybridized carbons (Fsp3) is 0.278. The van der Waals surface area contributed by atoms with Crippen LogP contribution in [0, 0.1) is 10.1 Å². The van der Waals surface area contributed by atoms with Gasteiger partial charge in [-0.3, -0.25) is 14.9 Å². The minimum Gasteiger partial charge on any atom is -0.483 e. The Morgan fingerprint density at radius 2 is 1.96 bits per heavy atom. The number of hydrogen-bond donors (Lipinski definition) is 1. The van der Waals surface area contributed by atoms with E-state index >= 15 is 0 Å². The summed E-state index contributed by atoms with van der Waals surface area (Å²) in [5.41, 5.74) is 2.79. The fourth-order valence-corrected chi connectivity index (χ4v) is 2.92. The number of non-ortho nitro benzene ring substituents is 1. The van der Waals surface area contributed by atoms with E-state index in [9.17, 15) is 14.9 Å². The van der Waals surface area contributed by atoms with Gasteiger partial charge in [-0.2, -0.15) is 0 Å². The number of nitrogens with zero attached hydrogens (tertiary/aromatic N) is 1. The normalized spacial score (nSPS) is 13.0. The second kappa shape index (κ2) is 7.12. The van der Waals surface area contributed by atoms with Crippen molar-refractivity contribution in [1.29, 1.82) is 0 Å². The van der Waals surface area contributed by atoms with Gasteiger partial charge in [-0.25, -0.2) is 0 Å². The third-order valence-electron chi connectivity index (χ3n) is 4.05. The molecule has 0 aromatic heterocycles. The number of anilines is 1. The van der Waals surface area contributed by atoms with Crippen LogP contribution in [0.3, 0.4) is 0 Å². The monoisotopic (exact) mass is 326 g/mol. The number of nitro groups is 1. The standard InChI is InChI=1S/C18H18N2O4/c21-18(19-14-7-4-8-15(11-14)20(22)23)12-24-17-10-3-6-13-5-1-2-9-16(13)17/h3-4,6-8,10-11H,1-2,5,9,12H2,(H,19,21). The lowest BCUT2D eigenvalue weighted by atomic mass is 9.91. The number of fused-ring (bicyclic) bond motifs is 1. The molecule has 2 aromatic carbocycles. The molecule has 0 aliphatic heterocycles. The smallest absolute Gasteiger partial charge is 0.271 e. The molecule has 1 amide bonds. The van der Waals surface area contributed by atoms with E-state index in [-0.39, 0.29) is 18.2 Å². The molecule has 6 heteroatoms. The summed E-state index contributed by atoms with van der Waals surface area (Å²) in [6, 6.07) is 11.8. The molecular weight excluding hydrogens is 308 g/mol. The van der Waals surface area contributed by atoms with Gasteiger partial charge in [-0.05, 0) is 48.9 Å². The van der Waals surface area contributed by atoms with Crippen molar-refractivity contribution >= 4 is 17.3 Å². The third-order valence-corrected chi connectivity index (χ3v) is 4.05. The first-order valence-electron chi connectivity index (χ1n) is 7.91. The Bertz CT molecular complexity index is 773. The van der Waals surface area contributed by atoms with Crippen LogP contribution in [0.5, 0.6) is 5.75 Å². The van der Waals surface area contributed by atoms with Crippen molar-refractivity contribution in [2.24, 2.45) is 0 Å². The van der Waals surface area contributed by atoms with Gasteiger partial charge in [0.2, 0.25) is 0 Å². The lowest BCUT2D eigenvalue weighted by Crippen LogP contribution is -2.21. The number of rotatable bonds is 5. The SMILES string of the molecule is O=C(COc1cccc2c1CCCC2)Nc1cccc([N+](=O)[O-])c1. The number of amides is 1. The first kappa shape index (κ1) is 16.0. The molecule has 0 saturated heterocycles. The maximum absolute atomic E-state index is 12.0. The van der Waals surface area contributed by atoms with Crippen molar-refractivity contribution < 1.29 is 14.5 Å². The van der Waals surface area contributed by atoms with Crippen LogP contribution in [0.25, 0.3) is 0 Å². The topological polar surface area (TPSA) is 81.5 Å². The van der Waals surface area contributed by atoms with E-state index in [4.69, 9.17) is 4.74 Å². The van der Waals surface area contributed by atoms with Gasteiger partial charge in [-0.15, -0.1) is 0 Å². The molecule has 0 atom stereocenters. The number of hydrogen-bond acceptors (Lipinski definition) is 4. The van der Waals surface area contributed by atoms with Crippen molar-refractivity contribution in [2.75, 3.05) is 11.9 Å². The molecule has 0 saturated carbocycles. The van der Waals surface area contributed by atoms with Crippen molar-refractivity contribution in [3.63, 3.8) is 0 Å². The Hall–Kier alpha value is -2.89. The zero-order chi connectivity index (χ0) is 16.9. The highest BCUT2D eigenvalue weighted by Gasteiger charge is 2.15. The molecular formula is C18H18N2O4. The summed E-state index contributed by atoms with van der Waals surface area (Å²) >= 11 is 0. The number of benzene rings is 2. The third kappa shape index (κ3) is 3.71. The average Bonchev–Trinajstić information content (AvgIpc) is 2.60.